The Labute approximate surface area is 138 Å². The van der Waals surface area contributed by atoms with Crippen molar-refractivity contribution in [2.45, 2.75) is 13.2 Å². The highest BCUT2D eigenvalue weighted by molar-refractivity contribution is 7.80. The van der Waals surface area contributed by atoms with Gasteiger partial charge in [-0.25, -0.2) is 0 Å². The zero-order valence-corrected chi connectivity index (χ0v) is 12.9. The predicted octanol–water partition coefficient (Wildman–Crippen LogP) is 3.29. The zero-order chi connectivity index (χ0) is 16.5. The molecular formula is C16H15F2N3OS. The van der Waals surface area contributed by atoms with Gasteiger partial charge in [0.2, 0.25) is 0 Å². The minimum absolute atomic E-state index is 0.102. The Morgan fingerprint density at radius 3 is 2.48 bits per heavy atom. The molecule has 0 atom stereocenters. The zero-order valence-electron chi connectivity index (χ0n) is 12.1. The summed E-state index contributed by atoms with van der Waals surface area (Å²) in [5.74, 6) is 0.102. The van der Waals surface area contributed by atoms with Gasteiger partial charge in [0, 0.05) is 6.54 Å². The first kappa shape index (κ1) is 16.8. The second-order valence-electron chi connectivity index (χ2n) is 4.49. The lowest BCUT2D eigenvalue weighted by molar-refractivity contribution is -0.0498. The Hall–Kier alpha value is -2.54. The number of hydrogen-bond donors (Lipinski definition) is 2. The third kappa shape index (κ3) is 6.39. The van der Waals surface area contributed by atoms with Gasteiger partial charge in [-0.15, -0.1) is 0 Å². The molecule has 0 saturated heterocycles. The van der Waals surface area contributed by atoms with Crippen molar-refractivity contribution < 1.29 is 13.5 Å². The van der Waals surface area contributed by atoms with Crippen LogP contribution < -0.4 is 15.5 Å². The number of nitrogens with zero attached hydrogens (tertiary/aromatic N) is 1. The van der Waals surface area contributed by atoms with Crippen LogP contribution in [0.5, 0.6) is 5.75 Å². The number of ether oxygens (including phenoxy) is 1. The molecule has 2 N–H and O–H groups in total. The van der Waals surface area contributed by atoms with E-state index in [0.717, 1.165) is 11.1 Å². The lowest BCUT2D eigenvalue weighted by Crippen LogP contribution is -2.31. The summed E-state index contributed by atoms with van der Waals surface area (Å²) in [6, 6.07) is 15.9. The van der Waals surface area contributed by atoms with Crippen molar-refractivity contribution in [1.29, 1.82) is 0 Å². The molecule has 2 rings (SSSR count). The average molecular weight is 335 g/mol. The van der Waals surface area contributed by atoms with Gasteiger partial charge < -0.3 is 10.1 Å². The van der Waals surface area contributed by atoms with Crippen molar-refractivity contribution in [2.75, 3.05) is 0 Å². The van der Waals surface area contributed by atoms with Crippen LogP contribution in [0.25, 0.3) is 0 Å². The first-order chi connectivity index (χ1) is 11.1. The Morgan fingerprint density at radius 2 is 1.83 bits per heavy atom. The van der Waals surface area contributed by atoms with Crippen LogP contribution in [0.4, 0.5) is 8.78 Å². The molecule has 0 unspecified atom stereocenters. The number of hydrogen-bond acceptors (Lipinski definition) is 3. The van der Waals surface area contributed by atoms with Gasteiger partial charge >= 0.3 is 6.61 Å². The van der Waals surface area contributed by atoms with Gasteiger partial charge in [-0.2, -0.15) is 13.9 Å². The molecule has 23 heavy (non-hydrogen) atoms. The van der Waals surface area contributed by atoms with E-state index in [4.69, 9.17) is 12.2 Å². The molecule has 7 heteroatoms. The fourth-order valence-corrected chi connectivity index (χ4v) is 1.84. The molecule has 0 aliphatic heterocycles. The van der Waals surface area contributed by atoms with Crippen molar-refractivity contribution >= 4 is 23.5 Å². The summed E-state index contributed by atoms with van der Waals surface area (Å²) < 4.78 is 28.3. The summed E-state index contributed by atoms with van der Waals surface area (Å²) >= 11 is 5.10. The van der Waals surface area contributed by atoms with Gasteiger partial charge in [0.1, 0.15) is 5.75 Å². The molecule has 0 spiro atoms. The highest BCUT2D eigenvalue weighted by Gasteiger charge is 2.02. The van der Waals surface area contributed by atoms with E-state index in [9.17, 15) is 8.78 Å². The molecular weight excluding hydrogens is 320 g/mol. The molecule has 4 nitrogen and oxygen atoms in total. The Morgan fingerprint density at radius 1 is 1.13 bits per heavy atom. The minimum Gasteiger partial charge on any atom is -0.435 e. The Bertz CT molecular complexity index is 648. The van der Waals surface area contributed by atoms with Crippen molar-refractivity contribution in [3.63, 3.8) is 0 Å². The number of nitrogens with one attached hydrogen (secondary N) is 2. The molecule has 0 bridgehead atoms. The van der Waals surface area contributed by atoms with Gasteiger partial charge in [0.05, 0.1) is 6.21 Å². The SMILES string of the molecule is FC(F)Oc1ccc(/C=N\NC(=S)NCc2ccccc2)cc1. The molecule has 0 aliphatic carbocycles. The van der Waals surface area contributed by atoms with E-state index in [1.54, 1.807) is 12.1 Å². The van der Waals surface area contributed by atoms with Gasteiger partial charge in [0.15, 0.2) is 5.11 Å². The summed E-state index contributed by atoms with van der Waals surface area (Å²) in [7, 11) is 0. The first-order valence-electron chi connectivity index (χ1n) is 6.79. The van der Waals surface area contributed by atoms with Crippen molar-refractivity contribution in [3.05, 3.63) is 65.7 Å². The van der Waals surface area contributed by atoms with E-state index in [0.29, 0.717) is 11.7 Å². The molecule has 0 radical (unpaired) electrons. The van der Waals surface area contributed by atoms with Crippen molar-refractivity contribution in [3.8, 4) is 5.75 Å². The monoisotopic (exact) mass is 335 g/mol. The standard InChI is InChI=1S/C16H15F2N3OS/c17-15(18)22-14-8-6-13(7-9-14)11-20-21-16(23)19-10-12-4-2-1-3-5-12/h1-9,11,15H,10H2,(H2,19,21,23)/b20-11-. The van der Waals surface area contributed by atoms with Crippen LogP contribution in [-0.2, 0) is 6.54 Å². The second kappa shape index (κ2) is 8.79. The third-order valence-electron chi connectivity index (χ3n) is 2.78. The normalized spacial score (nSPS) is 10.7. The first-order valence-corrected chi connectivity index (χ1v) is 7.20. The highest BCUT2D eigenvalue weighted by Crippen LogP contribution is 2.13. The lowest BCUT2D eigenvalue weighted by Gasteiger charge is -2.07. The van der Waals surface area contributed by atoms with Crippen LogP contribution in [-0.4, -0.2) is 17.9 Å². The van der Waals surface area contributed by atoms with Crippen LogP contribution in [0.1, 0.15) is 11.1 Å². The number of rotatable bonds is 6. The fraction of sp³-hybridized carbons (Fsp3) is 0.125. The molecule has 0 aromatic heterocycles. The van der Waals surface area contributed by atoms with E-state index in [1.165, 1.54) is 18.3 Å². The molecule has 0 heterocycles. The van der Waals surface area contributed by atoms with Crippen molar-refractivity contribution in [2.24, 2.45) is 5.10 Å². The van der Waals surface area contributed by atoms with E-state index in [2.05, 4.69) is 20.6 Å². The van der Waals surface area contributed by atoms with Crippen LogP contribution in [0, 0.1) is 0 Å². The van der Waals surface area contributed by atoms with Gasteiger partial charge in [-0.05, 0) is 47.6 Å². The second-order valence-corrected chi connectivity index (χ2v) is 4.89. The fourth-order valence-electron chi connectivity index (χ4n) is 1.72. The molecule has 0 fully saturated rings. The smallest absolute Gasteiger partial charge is 0.387 e. The lowest BCUT2D eigenvalue weighted by atomic mass is 10.2. The molecule has 2 aromatic rings. The minimum atomic E-state index is -2.83. The summed E-state index contributed by atoms with van der Waals surface area (Å²) in [6.45, 7) is -2.23. The maximum absolute atomic E-state index is 12.0. The predicted molar refractivity (Wildman–Crippen MR) is 89.7 cm³/mol. The van der Waals surface area contributed by atoms with Crippen LogP contribution >= 0.6 is 12.2 Å². The summed E-state index contributed by atoms with van der Waals surface area (Å²) in [5, 5.41) is 7.39. The summed E-state index contributed by atoms with van der Waals surface area (Å²) in [5.41, 5.74) is 4.52. The Kier molecular flexibility index (Phi) is 6.43. The van der Waals surface area contributed by atoms with Crippen LogP contribution in [0.15, 0.2) is 59.7 Å². The molecule has 120 valence electrons. The maximum atomic E-state index is 12.0. The van der Waals surface area contributed by atoms with E-state index < -0.39 is 6.61 Å². The number of thiocarbonyl (C=S) groups is 1. The molecule has 0 amide bonds. The van der Waals surface area contributed by atoms with Crippen molar-refractivity contribution in [1.82, 2.24) is 10.7 Å². The van der Waals surface area contributed by atoms with Crippen LogP contribution in [0.2, 0.25) is 0 Å². The number of alkyl halides is 2. The number of hydrazone groups is 1. The summed E-state index contributed by atoms with van der Waals surface area (Å²) in [6.07, 6.45) is 1.53. The quantitative estimate of drug-likeness (QED) is 0.483. The van der Waals surface area contributed by atoms with Gasteiger partial charge in [-0.3, -0.25) is 5.43 Å². The topological polar surface area (TPSA) is 45.6 Å². The van der Waals surface area contributed by atoms with Gasteiger partial charge in [0.25, 0.3) is 0 Å². The van der Waals surface area contributed by atoms with E-state index in [1.807, 2.05) is 30.3 Å². The average Bonchev–Trinajstić information content (AvgIpc) is 2.55. The number of halogens is 2. The molecule has 0 aliphatic rings. The third-order valence-corrected chi connectivity index (χ3v) is 3.02. The Balaban J connectivity index is 1.76. The summed E-state index contributed by atoms with van der Waals surface area (Å²) in [4.78, 5) is 0. The van der Waals surface area contributed by atoms with Gasteiger partial charge in [-0.1, -0.05) is 30.3 Å². The largest absolute Gasteiger partial charge is 0.435 e. The van der Waals surface area contributed by atoms with E-state index in [-0.39, 0.29) is 5.75 Å². The van der Waals surface area contributed by atoms with E-state index >= 15 is 0 Å². The highest BCUT2D eigenvalue weighted by atomic mass is 32.1. The molecule has 2 aromatic carbocycles. The van der Waals surface area contributed by atoms with Crippen LogP contribution in [0.3, 0.4) is 0 Å². The maximum Gasteiger partial charge on any atom is 0.387 e. The molecule has 0 saturated carbocycles. The number of benzene rings is 2.